The fourth-order valence-electron chi connectivity index (χ4n) is 2.81. The number of halogens is 4. The Balaban J connectivity index is 2.32. The van der Waals surface area contributed by atoms with Gasteiger partial charge in [-0.1, -0.05) is 55.0 Å². The zero-order valence-corrected chi connectivity index (χ0v) is 17.1. The van der Waals surface area contributed by atoms with Crippen molar-refractivity contribution in [2.75, 3.05) is 0 Å². The first kappa shape index (κ1) is 23.8. The van der Waals surface area contributed by atoms with Crippen molar-refractivity contribution < 1.29 is 30.8 Å². The summed E-state index contributed by atoms with van der Waals surface area (Å²) in [5, 5.41) is 1.93. The molecule has 0 aliphatic carbocycles. The van der Waals surface area contributed by atoms with E-state index in [9.17, 15) is 26.4 Å². The standard InChI is InChI=1S/C20H22F4N2O3S/c1-3-17(26-30(28,29)16-11-9-14(2)10-12-16)19(21,20(22,23)24)18(27)25-13-15-7-5-4-6-8-15/h4-12,17,26H,3,13H2,1-2H3,(H,25,27)/t17-,19+/m0/s1. The maximum atomic E-state index is 15.3. The Labute approximate surface area is 172 Å². The number of aryl methyl sites for hydroxylation is 1. The summed E-state index contributed by atoms with van der Waals surface area (Å²) in [6, 6.07) is 10.9. The molecule has 164 valence electrons. The number of alkyl halides is 4. The van der Waals surface area contributed by atoms with Gasteiger partial charge in [0.2, 0.25) is 10.0 Å². The molecule has 0 aliphatic heterocycles. The largest absolute Gasteiger partial charge is 0.433 e. The Bertz CT molecular complexity index is 964. The van der Waals surface area contributed by atoms with Gasteiger partial charge in [0.15, 0.2) is 0 Å². The first-order chi connectivity index (χ1) is 13.9. The molecule has 5 nitrogen and oxygen atoms in total. The van der Waals surface area contributed by atoms with Crippen LogP contribution in [0.1, 0.15) is 24.5 Å². The number of hydrogen-bond acceptors (Lipinski definition) is 3. The van der Waals surface area contributed by atoms with Gasteiger partial charge in [-0.3, -0.25) is 4.79 Å². The van der Waals surface area contributed by atoms with E-state index >= 15 is 4.39 Å². The van der Waals surface area contributed by atoms with Crippen molar-refractivity contribution in [3.05, 3.63) is 65.7 Å². The van der Waals surface area contributed by atoms with E-state index in [1.54, 1.807) is 42.0 Å². The number of sulfonamides is 1. The fourth-order valence-corrected chi connectivity index (χ4v) is 4.14. The van der Waals surface area contributed by atoms with Gasteiger partial charge in [-0.15, -0.1) is 0 Å². The second-order valence-corrected chi connectivity index (χ2v) is 8.49. The summed E-state index contributed by atoms with van der Waals surface area (Å²) < 4.78 is 83.1. The Morgan fingerprint density at radius 3 is 2.07 bits per heavy atom. The highest BCUT2D eigenvalue weighted by molar-refractivity contribution is 7.89. The minimum Gasteiger partial charge on any atom is -0.349 e. The van der Waals surface area contributed by atoms with Crippen molar-refractivity contribution in [3.8, 4) is 0 Å². The highest BCUT2D eigenvalue weighted by atomic mass is 32.2. The van der Waals surface area contributed by atoms with Crippen LogP contribution in [0.3, 0.4) is 0 Å². The van der Waals surface area contributed by atoms with Crippen molar-refractivity contribution in [2.45, 2.75) is 49.6 Å². The quantitative estimate of drug-likeness (QED) is 0.608. The van der Waals surface area contributed by atoms with Crippen LogP contribution in [0.25, 0.3) is 0 Å². The minimum atomic E-state index is -5.65. The Hall–Kier alpha value is -2.46. The topological polar surface area (TPSA) is 75.3 Å². The lowest BCUT2D eigenvalue weighted by Gasteiger charge is -2.33. The molecule has 0 aliphatic rings. The van der Waals surface area contributed by atoms with Crippen LogP contribution in [0.5, 0.6) is 0 Å². The third kappa shape index (κ3) is 5.17. The van der Waals surface area contributed by atoms with E-state index < -0.39 is 40.2 Å². The lowest BCUT2D eigenvalue weighted by atomic mass is 9.92. The van der Waals surface area contributed by atoms with Gasteiger partial charge in [0.05, 0.1) is 10.9 Å². The second kappa shape index (κ2) is 9.13. The number of benzene rings is 2. The van der Waals surface area contributed by atoms with Crippen molar-refractivity contribution >= 4 is 15.9 Å². The second-order valence-electron chi connectivity index (χ2n) is 6.77. The Morgan fingerprint density at radius 2 is 1.57 bits per heavy atom. The average molecular weight is 446 g/mol. The third-order valence-electron chi connectivity index (χ3n) is 4.56. The summed E-state index contributed by atoms with van der Waals surface area (Å²) in [5.74, 6) is -1.96. The number of rotatable bonds is 8. The van der Waals surface area contributed by atoms with E-state index in [0.29, 0.717) is 5.56 Å². The normalized spacial score (nSPS) is 15.3. The van der Waals surface area contributed by atoms with Crippen LogP contribution in [-0.2, 0) is 21.4 Å². The van der Waals surface area contributed by atoms with Gasteiger partial charge in [-0.05, 0) is 31.0 Å². The van der Waals surface area contributed by atoms with Crippen LogP contribution in [0.4, 0.5) is 17.6 Å². The van der Waals surface area contributed by atoms with Gasteiger partial charge < -0.3 is 5.32 Å². The molecule has 0 spiro atoms. The van der Waals surface area contributed by atoms with E-state index in [1.807, 2.05) is 5.32 Å². The minimum absolute atomic E-state index is 0.333. The molecule has 2 rings (SSSR count). The van der Waals surface area contributed by atoms with Crippen LogP contribution in [-0.4, -0.2) is 32.2 Å². The number of carbonyl (C=O) groups is 1. The molecular weight excluding hydrogens is 424 g/mol. The molecule has 30 heavy (non-hydrogen) atoms. The number of carbonyl (C=O) groups excluding carboxylic acids is 1. The molecule has 2 N–H and O–H groups in total. The Kier molecular flexibility index (Phi) is 7.25. The van der Waals surface area contributed by atoms with E-state index in [4.69, 9.17) is 0 Å². The molecule has 0 unspecified atom stereocenters. The zero-order chi connectivity index (χ0) is 22.6. The third-order valence-corrected chi connectivity index (χ3v) is 6.04. The first-order valence-corrected chi connectivity index (χ1v) is 10.6. The van der Waals surface area contributed by atoms with Crippen LogP contribution in [0.2, 0.25) is 0 Å². The summed E-state index contributed by atoms with van der Waals surface area (Å²) >= 11 is 0. The van der Waals surface area contributed by atoms with E-state index in [1.165, 1.54) is 24.3 Å². The summed E-state index contributed by atoms with van der Waals surface area (Å²) in [7, 11) is -4.50. The highest BCUT2D eigenvalue weighted by Crippen LogP contribution is 2.39. The lowest BCUT2D eigenvalue weighted by molar-refractivity contribution is -0.234. The molecule has 2 aromatic carbocycles. The van der Waals surface area contributed by atoms with Gasteiger partial charge in [-0.25, -0.2) is 17.5 Å². The summed E-state index contributed by atoms with van der Waals surface area (Å²) in [5.41, 5.74) is -3.27. The van der Waals surface area contributed by atoms with Gasteiger partial charge in [0, 0.05) is 6.54 Å². The first-order valence-electron chi connectivity index (χ1n) is 9.08. The Morgan fingerprint density at radius 1 is 1.00 bits per heavy atom. The highest BCUT2D eigenvalue weighted by Gasteiger charge is 2.66. The molecule has 0 aromatic heterocycles. The smallest absolute Gasteiger partial charge is 0.349 e. The van der Waals surface area contributed by atoms with E-state index in [0.717, 1.165) is 12.5 Å². The molecule has 0 radical (unpaired) electrons. The maximum Gasteiger partial charge on any atom is 0.433 e. The zero-order valence-electron chi connectivity index (χ0n) is 16.3. The van der Waals surface area contributed by atoms with Gasteiger partial charge in [0.25, 0.3) is 11.6 Å². The summed E-state index contributed by atoms with van der Waals surface area (Å²) in [6.45, 7) is 2.52. The molecule has 0 saturated heterocycles. The van der Waals surface area contributed by atoms with Crippen molar-refractivity contribution in [1.82, 2.24) is 10.0 Å². The molecule has 10 heteroatoms. The summed E-state index contributed by atoms with van der Waals surface area (Å²) in [6.07, 6.45) is -6.26. The number of amides is 1. The predicted octanol–water partition coefficient (Wildman–Crippen LogP) is 3.64. The van der Waals surface area contributed by atoms with Crippen LogP contribution >= 0.6 is 0 Å². The van der Waals surface area contributed by atoms with E-state index in [-0.39, 0.29) is 11.4 Å². The SMILES string of the molecule is CC[C@H](NS(=O)(=O)c1ccc(C)cc1)[C@@](F)(C(=O)NCc1ccccc1)C(F)(F)F. The van der Waals surface area contributed by atoms with Crippen LogP contribution < -0.4 is 10.0 Å². The van der Waals surface area contributed by atoms with E-state index in [2.05, 4.69) is 0 Å². The lowest BCUT2D eigenvalue weighted by Crippen LogP contribution is -2.65. The fraction of sp³-hybridized carbons (Fsp3) is 0.350. The van der Waals surface area contributed by atoms with Crippen molar-refractivity contribution in [3.63, 3.8) is 0 Å². The number of hydrogen-bond donors (Lipinski definition) is 2. The molecular formula is C20H22F4N2O3S. The molecule has 0 saturated carbocycles. The average Bonchev–Trinajstić information content (AvgIpc) is 2.70. The van der Waals surface area contributed by atoms with Crippen molar-refractivity contribution in [2.24, 2.45) is 0 Å². The van der Waals surface area contributed by atoms with Crippen LogP contribution in [0, 0.1) is 6.92 Å². The number of nitrogens with one attached hydrogen (secondary N) is 2. The molecule has 0 heterocycles. The summed E-state index contributed by atoms with van der Waals surface area (Å²) in [4.78, 5) is 12.0. The maximum absolute atomic E-state index is 15.3. The predicted molar refractivity (Wildman–Crippen MR) is 104 cm³/mol. The monoisotopic (exact) mass is 446 g/mol. The van der Waals surface area contributed by atoms with Gasteiger partial charge in [-0.2, -0.15) is 13.2 Å². The molecule has 1 amide bonds. The van der Waals surface area contributed by atoms with Gasteiger partial charge in [0.1, 0.15) is 0 Å². The molecule has 2 atom stereocenters. The van der Waals surface area contributed by atoms with Crippen LogP contribution in [0.15, 0.2) is 59.5 Å². The molecule has 0 fully saturated rings. The molecule has 0 bridgehead atoms. The van der Waals surface area contributed by atoms with Gasteiger partial charge >= 0.3 is 6.18 Å². The van der Waals surface area contributed by atoms with Crippen molar-refractivity contribution in [1.29, 1.82) is 0 Å². The molecule has 2 aromatic rings.